The molecule has 3 rings (SSSR count). The zero-order valence-corrected chi connectivity index (χ0v) is 13.1. The fourth-order valence-corrected chi connectivity index (χ4v) is 3.18. The molecule has 2 aromatic rings. The lowest BCUT2D eigenvalue weighted by Crippen LogP contribution is -3.14. The highest BCUT2D eigenvalue weighted by Crippen LogP contribution is 2.30. The van der Waals surface area contributed by atoms with E-state index in [0.717, 1.165) is 44.0 Å². The molecule has 1 aliphatic heterocycles. The van der Waals surface area contributed by atoms with Gasteiger partial charge in [0.05, 0.1) is 31.8 Å². The quantitative estimate of drug-likeness (QED) is 0.878. The predicted molar refractivity (Wildman–Crippen MR) is 86.9 cm³/mol. The maximum atomic E-state index is 13.1. The number of morpholine rings is 1. The molecule has 2 atom stereocenters. The first-order valence-corrected chi connectivity index (χ1v) is 8.14. The van der Waals surface area contributed by atoms with Crippen LogP contribution in [0.4, 0.5) is 4.39 Å². The van der Waals surface area contributed by atoms with Crippen molar-refractivity contribution in [3.05, 3.63) is 71.5 Å². The van der Waals surface area contributed by atoms with E-state index in [2.05, 4.69) is 12.1 Å². The largest absolute Gasteiger partial charge is 0.388 e. The van der Waals surface area contributed by atoms with Crippen molar-refractivity contribution in [2.45, 2.75) is 12.0 Å². The Morgan fingerprint density at radius 2 is 1.61 bits per heavy atom. The summed E-state index contributed by atoms with van der Waals surface area (Å²) in [5.74, 6) is -0.300. The number of ether oxygens (including phenoxy) is 1. The Bertz CT molecular complexity index is 597. The third-order valence-corrected chi connectivity index (χ3v) is 4.53. The summed E-state index contributed by atoms with van der Waals surface area (Å²) in [7, 11) is 0. The number of nitrogens with one attached hydrogen (secondary N) is 1. The van der Waals surface area contributed by atoms with Crippen LogP contribution >= 0.6 is 0 Å². The van der Waals surface area contributed by atoms with Gasteiger partial charge in [0.1, 0.15) is 18.9 Å². The van der Waals surface area contributed by atoms with Crippen LogP contribution in [0.25, 0.3) is 0 Å². The van der Waals surface area contributed by atoms with E-state index in [1.807, 2.05) is 18.2 Å². The zero-order chi connectivity index (χ0) is 16.1. The van der Waals surface area contributed by atoms with Gasteiger partial charge in [0.25, 0.3) is 0 Å². The van der Waals surface area contributed by atoms with E-state index in [1.54, 1.807) is 12.1 Å². The van der Waals surface area contributed by atoms with Gasteiger partial charge in [-0.15, -0.1) is 0 Å². The molecule has 0 aliphatic carbocycles. The zero-order valence-electron chi connectivity index (χ0n) is 13.1. The lowest BCUT2D eigenvalue weighted by Gasteiger charge is -2.30. The van der Waals surface area contributed by atoms with Crippen LogP contribution in [0.3, 0.4) is 0 Å². The summed E-state index contributed by atoms with van der Waals surface area (Å²) in [5.41, 5.74) is 1.87. The summed E-state index contributed by atoms with van der Waals surface area (Å²) in [6.07, 6.45) is -0.645. The molecule has 1 heterocycles. The summed E-state index contributed by atoms with van der Waals surface area (Å²) in [4.78, 5) is 1.44. The average Bonchev–Trinajstić information content (AvgIpc) is 2.61. The minimum Gasteiger partial charge on any atom is -0.388 e. The van der Waals surface area contributed by atoms with Crippen LogP contribution in [-0.4, -0.2) is 38.0 Å². The van der Waals surface area contributed by atoms with Gasteiger partial charge in [0.2, 0.25) is 0 Å². The van der Waals surface area contributed by atoms with Crippen molar-refractivity contribution in [1.29, 1.82) is 0 Å². The van der Waals surface area contributed by atoms with E-state index in [4.69, 9.17) is 4.74 Å². The first-order chi connectivity index (χ1) is 11.2. The maximum Gasteiger partial charge on any atom is 0.123 e. The van der Waals surface area contributed by atoms with Crippen LogP contribution in [0.5, 0.6) is 0 Å². The molecule has 2 N–H and O–H groups in total. The van der Waals surface area contributed by atoms with Crippen LogP contribution in [0, 0.1) is 5.82 Å². The number of hydrogen-bond acceptors (Lipinski definition) is 2. The highest BCUT2D eigenvalue weighted by atomic mass is 19.1. The monoisotopic (exact) mass is 316 g/mol. The van der Waals surface area contributed by atoms with E-state index < -0.39 is 6.10 Å². The topological polar surface area (TPSA) is 33.9 Å². The molecule has 0 spiro atoms. The van der Waals surface area contributed by atoms with Crippen LogP contribution in [0.1, 0.15) is 23.1 Å². The Morgan fingerprint density at radius 1 is 0.957 bits per heavy atom. The standard InChI is InChI=1S/C19H22FNO2/c20-17-8-6-16(7-9-17)19(22)18(15-4-2-1-3-5-15)14-21-10-12-23-13-11-21/h1-9,18-19,22H,10-14H2/p+1/t18-,19+/m1/s1. The molecule has 3 nitrogen and oxygen atoms in total. The first kappa shape index (κ1) is 16.1. The molecular weight excluding hydrogens is 293 g/mol. The van der Waals surface area contributed by atoms with E-state index in [1.165, 1.54) is 17.0 Å². The molecule has 1 aliphatic rings. The number of halogens is 1. The predicted octanol–water partition coefficient (Wildman–Crippen LogP) is 1.56. The first-order valence-electron chi connectivity index (χ1n) is 8.14. The highest BCUT2D eigenvalue weighted by Gasteiger charge is 2.28. The van der Waals surface area contributed by atoms with Crippen molar-refractivity contribution in [2.75, 3.05) is 32.8 Å². The smallest absolute Gasteiger partial charge is 0.123 e. The number of aliphatic hydroxyl groups excluding tert-OH is 1. The summed E-state index contributed by atoms with van der Waals surface area (Å²) < 4.78 is 18.6. The maximum absolute atomic E-state index is 13.1. The van der Waals surface area contributed by atoms with Gasteiger partial charge in [-0.25, -0.2) is 4.39 Å². The Balaban J connectivity index is 1.83. The van der Waals surface area contributed by atoms with Crippen molar-refractivity contribution in [1.82, 2.24) is 0 Å². The second kappa shape index (κ2) is 7.68. The van der Waals surface area contributed by atoms with Gasteiger partial charge >= 0.3 is 0 Å². The number of benzene rings is 2. The third kappa shape index (κ3) is 4.16. The van der Waals surface area contributed by atoms with E-state index in [0.29, 0.717) is 0 Å². The molecule has 1 fully saturated rings. The van der Waals surface area contributed by atoms with Gasteiger partial charge in [-0.1, -0.05) is 42.5 Å². The molecule has 1 saturated heterocycles. The second-order valence-electron chi connectivity index (χ2n) is 6.08. The lowest BCUT2D eigenvalue weighted by molar-refractivity contribution is -0.909. The summed E-state index contributed by atoms with van der Waals surface area (Å²) in [6.45, 7) is 4.29. The summed E-state index contributed by atoms with van der Waals surface area (Å²) in [6, 6.07) is 16.2. The van der Waals surface area contributed by atoms with Gasteiger partial charge < -0.3 is 14.7 Å². The highest BCUT2D eigenvalue weighted by molar-refractivity contribution is 5.27. The fourth-order valence-electron chi connectivity index (χ4n) is 3.18. The molecule has 0 amide bonds. The second-order valence-corrected chi connectivity index (χ2v) is 6.08. The van der Waals surface area contributed by atoms with E-state index >= 15 is 0 Å². The number of rotatable bonds is 5. The summed E-state index contributed by atoms with van der Waals surface area (Å²) in [5, 5.41) is 10.9. The SMILES string of the molecule is O[C@@H](c1ccc(F)cc1)[C@H](C[NH+]1CCOCC1)c1ccccc1. The molecule has 0 aromatic heterocycles. The molecule has 4 heteroatoms. The van der Waals surface area contributed by atoms with Gasteiger partial charge in [-0.3, -0.25) is 0 Å². The molecule has 0 saturated carbocycles. The molecule has 23 heavy (non-hydrogen) atoms. The Kier molecular flexibility index (Phi) is 5.39. The van der Waals surface area contributed by atoms with Crippen LogP contribution in [-0.2, 0) is 4.74 Å². The molecule has 0 unspecified atom stereocenters. The van der Waals surface area contributed by atoms with Crippen molar-refractivity contribution in [3.63, 3.8) is 0 Å². The normalized spacial score (nSPS) is 18.5. The number of aliphatic hydroxyl groups is 1. The van der Waals surface area contributed by atoms with Crippen LogP contribution < -0.4 is 4.90 Å². The molecule has 0 radical (unpaired) electrons. The Labute approximate surface area is 136 Å². The van der Waals surface area contributed by atoms with Gasteiger partial charge in [0, 0.05) is 0 Å². The molecule has 0 bridgehead atoms. The van der Waals surface area contributed by atoms with Crippen LogP contribution in [0.2, 0.25) is 0 Å². The van der Waals surface area contributed by atoms with E-state index in [9.17, 15) is 9.50 Å². The fraction of sp³-hybridized carbons (Fsp3) is 0.368. The van der Waals surface area contributed by atoms with Crippen molar-refractivity contribution in [2.24, 2.45) is 0 Å². The minimum absolute atomic E-state index is 0.0187. The van der Waals surface area contributed by atoms with Gasteiger partial charge in [-0.2, -0.15) is 0 Å². The Hall–Kier alpha value is -1.75. The van der Waals surface area contributed by atoms with E-state index in [-0.39, 0.29) is 11.7 Å². The summed E-state index contributed by atoms with van der Waals surface area (Å²) >= 11 is 0. The van der Waals surface area contributed by atoms with Gasteiger partial charge in [-0.05, 0) is 23.3 Å². The Morgan fingerprint density at radius 3 is 2.26 bits per heavy atom. The minimum atomic E-state index is -0.645. The van der Waals surface area contributed by atoms with Gasteiger partial charge in [0.15, 0.2) is 0 Å². The lowest BCUT2D eigenvalue weighted by atomic mass is 9.88. The molecule has 122 valence electrons. The van der Waals surface area contributed by atoms with Crippen molar-refractivity contribution in [3.8, 4) is 0 Å². The molecular formula is C19H23FNO2+. The van der Waals surface area contributed by atoms with Crippen molar-refractivity contribution < 1.29 is 19.1 Å². The van der Waals surface area contributed by atoms with Crippen molar-refractivity contribution >= 4 is 0 Å². The number of hydrogen-bond donors (Lipinski definition) is 2. The molecule has 2 aromatic carbocycles. The third-order valence-electron chi connectivity index (χ3n) is 4.53. The number of quaternary nitrogens is 1. The average molecular weight is 316 g/mol. The van der Waals surface area contributed by atoms with Crippen LogP contribution in [0.15, 0.2) is 54.6 Å².